The van der Waals surface area contributed by atoms with Crippen molar-refractivity contribution in [2.24, 2.45) is 0 Å². The lowest BCUT2D eigenvalue weighted by molar-refractivity contribution is -0.145. The van der Waals surface area contributed by atoms with Crippen molar-refractivity contribution in [3.63, 3.8) is 0 Å². The summed E-state index contributed by atoms with van der Waals surface area (Å²) >= 11 is 5.87. The van der Waals surface area contributed by atoms with Crippen LogP contribution in [-0.4, -0.2) is 27.8 Å². The smallest absolute Gasteiger partial charge is 0.453 e. The molecule has 0 radical (unpaired) electrons. The highest BCUT2D eigenvalue weighted by molar-refractivity contribution is 6.30. The van der Waals surface area contributed by atoms with Gasteiger partial charge in [-0.15, -0.1) is 5.10 Å². The number of hydrogen-bond acceptors (Lipinski definition) is 5. The lowest BCUT2D eigenvalue weighted by atomic mass is 9.96. The molecule has 0 fully saturated rings. The number of anilines is 1. The molecule has 10 heteroatoms. The molecule has 0 bridgehead atoms. The van der Waals surface area contributed by atoms with Crippen LogP contribution >= 0.6 is 11.6 Å². The second kappa shape index (κ2) is 6.07. The Bertz CT molecular complexity index is 859. The quantitative estimate of drug-likeness (QED) is 0.818. The van der Waals surface area contributed by atoms with Gasteiger partial charge in [-0.25, -0.2) is 9.48 Å². The summed E-state index contributed by atoms with van der Waals surface area (Å²) < 4.78 is 44.8. The summed E-state index contributed by atoms with van der Waals surface area (Å²) in [4.78, 5) is 15.7. The first-order chi connectivity index (χ1) is 11.7. The molecule has 1 atom stereocenters. The SMILES string of the molecule is COC(=O)C1=C(C)Nc2nc(C(F)(F)F)nn2C1c1ccc(Cl)cc1. The molecule has 132 valence electrons. The molecule has 3 rings (SSSR count). The van der Waals surface area contributed by atoms with Crippen LogP contribution < -0.4 is 5.32 Å². The summed E-state index contributed by atoms with van der Waals surface area (Å²) in [5.74, 6) is -2.09. The third-order valence-corrected chi connectivity index (χ3v) is 3.95. The van der Waals surface area contributed by atoms with E-state index in [2.05, 4.69) is 15.4 Å². The number of aromatic nitrogens is 3. The highest BCUT2D eigenvalue weighted by Gasteiger charge is 2.41. The number of fused-ring (bicyclic) bond motifs is 1. The van der Waals surface area contributed by atoms with Crippen molar-refractivity contribution in [1.29, 1.82) is 0 Å². The van der Waals surface area contributed by atoms with Crippen LogP contribution in [0.3, 0.4) is 0 Å². The third-order valence-electron chi connectivity index (χ3n) is 3.70. The molecule has 1 aromatic heterocycles. The molecule has 0 saturated heterocycles. The Kier molecular flexibility index (Phi) is 4.19. The number of ether oxygens (including phenoxy) is 1. The Balaban J connectivity index is 2.20. The molecule has 0 saturated carbocycles. The number of methoxy groups -OCH3 is 1. The molecular weight excluding hydrogens is 361 g/mol. The van der Waals surface area contributed by atoms with Gasteiger partial charge >= 0.3 is 12.1 Å². The van der Waals surface area contributed by atoms with Crippen LogP contribution in [0.1, 0.15) is 24.4 Å². The van der Waals surface area contributed by atoms with Crippen molar-refractivity contribution in [3.8, 4) is 0 Å². The van der Waals surface area contributed by atoms with E-state index < -0.39 is 24.0 Å². The monoisotopic (exact) mass is 372 g/mol. The fraction of sp³-hybridized carbons (Fsp3) is 0.267. The van der Waals surface area contributed by atoms with Gasteiger partial charge in [0.05, 0.1) is 12.7 Å². The Morgan fingerprint density at radius 3 is 2.52 bits per heavy atom. The number of carbonyl (C=O) groups is 1. The molecule has 2 aromatic rings. The standard InChI is InChI=1S/C15H12ClF3N4O2/c1-7-10(12(24)25-2)11(8-3-5-9(16)6-4-8)23-14(20-7)21-13(22-23)15(17,18)19/h3-6,11H,1-2H3,(H,20,21,22). The van der Waals surface area contributed by atoms with Crippen LogP contribution in [0.4, 0.5) is 19.1 Å². The van der Waals surface area contributed by atoms with E-state index in [0.29, 0.717) is 16.3 Å². The predicted molar refractivity (Wildman–Crippen MR) is 83.0 cm³/mol. The Morgan fingerprint density at radius 1 is 1.32 bits per heavy atom. The Morgan fingerprint density at radius 2 is 1.96 bits per heavy atom. The number of allylic oxidation sites excluding steroid dienone is 1. The van der Waals surface area contributed by atoms with Gasteiger partial charge < -0.3 is 10.1 Å². The number of nitrogens with zero attached hydrogens (tertiary/aromatic N) is 3. The van der Waals surface area contributed by atoms with Crippen LogP contribution in [0, 0.1) is 0 Å². The van der Waals surface area contributed by atoms with Gasteiger partial charge in [-0.3, -0.25) is 0 Å². The van der Waals surface area contributed by atoms with Crippen LogP contribution in [-0.2, 0) is 15.7 Å². The lowest BCUT2D eigenvalue weighted by Crippen LogP contribution is -2.29. The van der Waals surface area contributed by atoms with Gasteiger partial charge in [0.15, 0.2) is 0 Å². The van der Waals surface area contributed by atoms with Gasteiger partial charge in [0.1, 0.15) is 6.04 Å². The van der Waals surface area contributed by atoms with E-state index in [9.17, 15) is 18.0 Å². The second-order valence-corrected chi connectivity index (χ2v) is 5.75. The number of esters is 1. The van der Waals surface area contributed by atoms with E-state index in [1.807, 2.05) is 0 Å². The van der Waals surface area contributed by atoms with Gasteiger partial charge in [0.2, 0.25) is 5.95 Å². The summed E-state index contributed by atoms with van der Waals surface area (Å²) in [5, 5.41) is 6.67. The third kappa shape index (κ3) is 3.07. The van der Waals surface area contributed by atoms with Crippen LogP contribution in [0.5, 0.6) is 0 Å². The molecule has 1 unspecified atom stereocenters. The zero-order chi connectivity index (χ0) is 18.4. The van der Waals surface area contributed by atoms with Crippen molar-refractivity contribution >= 4 is 23.5 Å². The molecule has 0 spiro atoms. The van der Waals surface area contributed by atoms with E-state index >= 15 is 0 Å². The molecule has 2 heterocycles. The molecular formula is C15H12ClF3N4O2. The van der Waals surface area contributed by atoms with Crippen molar-refractivity contribution in [3.05, 3.63) is 51.9 Å². The number of halogens is 4. The number of carbonyl (C=O) groups excluding carboxylic acids is 1. The normalized spacial score (nSPS) is 17.1. The first kappa shape index (κ1) is 17.3. The minimum Gasteiger partial charge on any atom is -0.466 e. The average Bonchev–Trinajstić information content (AvgIpc) is 2.97. The maximum absolute atomic E-state index is 13.0. The minimum atomic E-state index is -4.71. The van der Waals surface area contributed by atoms with Crippen LogP contribution in [0.15, 0.2) is 35.5 Å². The largest absolute Gasteiger partial charge is 0.466 e. The highest BCUT2D eigenvalue weighted by atomic mass is 35.5. The van der Waals surface area contributed by atoms with E-state index in [-0.39, 0.29) is 11.5 Å². The van der Waals surface area contributed by atoms with Gasteiger partial charge in [0.25, 0.3) is 5.82 Å². The predicted octanol–water partition coefficient (Wildman–Crippen LogP) is 3.41. The number of nitrogens with one attached hydrogen (secondary N) is 1. The molecule has 25 heavy (non-hydrogen) atoms. The number of alkyl halides is 3. The van der Waals surface area contributed by atoms with Gasteiger partial charge in [-0.2, -0.15) is 18.2 Å². The maximum atomic E-state index is 13.0. The van der Waals surface area contributed by atoms with E-state index in [0.717, 1.165) is 4.68 Å². The molecule has 6 nitrogen and oxygen atoms in total. The Hall–Kier alpha value is -2.55. The highest BCUT2D eigenvalue weighted by Crippen LogP contribution is 2.38. The van der Waals surface area contributed by atoms with Gasteiger partial charge in [-0.05, 0) is 24.6 Å². The zero-order valence-corrected chi connectivity index (χ0v) is 13.8. The molecule has 0 aliphatic carbocycles. The second-order valence-electron chi connectivity index (χ2n) is 5.31. The van der Waals surface area contributed by atoms with Crippen molar-refractivity contribution in [2.45, 2.75) is 19.1 Å². The summed E-state index contributed by atoms with van der Waals surface area (Å²) in [6.45, 7) is 1.56. The topological polar surface area (TPSA) is 69.0 Å². The molecule has 0 amide bonds. The number of hydrogen-bond donors (Lipinski definition) is 1. The average molecular weight is 373 g/mol. The zero-order valence-electron chi connectivity index (χ0n) is 13.1. The summed E-state index contributed by atoms with van der Waals surface area (Å²) in [6, 6.07) is 5.43. The minimum absolute atomic E-state index is 0.113. The lowest BCUT2D eigenvalue weighted by Gasteiger charge is -2.27. The van der Waals surface area contributed by atoms with Crippen LogP contribution in [0.25, 0.3) is 0 Å². The Labute approximate surface area is 145 Å². The molecule has 1 aliphatic rings. The van der Waals surface area contributed by atoms with Gasteiger partial charge in [-0.1, -0.05) is 23.7 Å². The van der Waals surface area contributed by atoms with Crippen molar-refractivity contribution in [2.75, 3.05) is 12.4 Å². The summed E-state index contributed by atoms with van der Waals surface area (Å²) in [5.41, 5.74) is 0.988. The first-order valence-corrected chi connectivity index (χ1v) is 7.45. The van der Waals surface area contributed by atoms with Crippen molar-refractivity contribution in [1.82, 2.24) is 14.8 Å². The molecule has 1 aliphatic heterocycles. The summed E-state index contributed by atoms with van der Waals surface area (Å²) in [6.07, 6.45) is -4.71. The molecule has 1 aromatic carbocycles. The summed E-state index contributed by atoms with van der Waals surface area (Å²) in [7, 11) is 1.19. The van der Waals surface area contributed by atoms with Crippen molar-refractivity contribution < 1.29 is 22.7 Å². The number of benzene rings is 1. The first-order valence-electron chi connectivity index (χ1n) is 7.07. The fourth-order valence-corrected chi connectivity index (χ4v) is 2.72. The fourth-order valence-electron chi connectivity index (χ4n) is 2.60. The van der Waals surface area contributed by atoms with Crippen LogP contribution in [0.2, 0.25) is 5.02 Å². The number of rotatable bonds is 2. The molecule has 1 N–H and O–H groups in total. The van der Waals surface area contributed by atoms with E-state index in [4.69, 9.17) is 16.3 Å². The maximum Gasteiger partial charge on any atom is 0.453 e. The van der Waals surface area contributed by atoms with E-state index in [1.54, 1.807) is 31.2 Å². The van der Waals surface area contributed by atoms with E-state index in [1.165, 1.54) is 7.11 Å². The van der Waals surface area contributed by atoms with Gasteiger partial charge in [0, 0.05) is 10.7 Å².